The number of Topliss-reactive ketones (excluding diaryl/α,β-unsaturated/α-hetero) is 1. The highest BCUT2D eigenvalue weighted by atomic mass is 32.1. The van der Waals surface area contributed by atoms with Crippen LogP contribution in [-0.4, -0.2) is 30.1 Å². The Kier molecular flexibility index (Phi) is 3.58. The third-order valence-electron chi connectivity index (χ3n) is 2.42. The molecule has 17 heavy (non-hydrogen) atoms. The number of ketones is 1. The van der Waals surface area contributed by atoms with Gasteiger partial charge in [0.2, 0.25) is 0 Å². The number of aryl methyl sites for hydroxylation is 2. The van der Waals surface area contributed by atoms with E-state index in [1.54, 1.807) is 11.7 Å². The van der Waals surface area contributed by atoms with E-state index in [1.165, 1.54) is 6.33 Å². The number of hydrogen-bond donors (Lipinski definition) is 0. The molecule has 2 heterocycles. The minimum atomic E-state index is 0.0135. The van der Waals surface area contributed by atoms with Crippen molar-refractivity contribution in [3.8, 4) is 0 Å². The smallest absolute Gasteiger partial charge is 0.183 e. The van der Waals surface area contributed by atoms with E-state index in [2.05, 4.69) is 26.6 Å². The second-order valence-corrected chi connectivity index (χ2v) is 4.45. The predicted molar refractivity (Wildman–Crippen MR) is 62.9 cm³/mol. The molecule has 0 bridgehead atoms. The molecule has 0 saturated carbocycles. The first-order valence-corrected chi connectivity index (χ1v) is 6.17. The molecule has 0 atom stereocenters. The van der Waals surface area contributed by atoms with Crippen LogP contribution in [0.4, 0.5) is 0 Å². The molecule has 0 saturated heterocycles. The van der Waals surface area contributed by atoms with Crippen LogP contribution in [0.3, 0.4) is 0 Å². The van der Waals surface area contributed by atoms with E-state index in [0.717, 1.165) is 30.1 Å². The average Bonchev–Trinajstić information content (AvgIpc) is 2.89. The van der Waals surface area contributed by atoms with Gasteiger partial charge in [-0.3, -0.25) is 9.48 Å². The van der Waals surface area contributed by atoms with Crippen molar-refractivity contribution < 1.29 is 4.79 Å². The number of rotatable bonds is 5. The summed E-state index contributed by atoms with van der Waals surface area (Å²) in [5.41, 5.74) is 0.796. The van der Waals surface area contributed by atoms with Crippen LogP contribution in [0.25, 0.3) is 0 Å². The number of aromatic nitrogens is 5. The highest BCUT2D eigenvalue weighted by Crippen LogP contribution is 2.15. The molecule has 0 spiro atoms. The first-order chi connectivity index (χ1) is 8.22. The van der Waals surface area contributed by atoms with Gasteiger partial charge in [-0.15, -0.1) is 5.10 Å². The fourth-order valence-corrected chi connectivity index (χ4v) is 2.17. The molecular weight excluding hydrogens is 238 g/mol. The van der Waals surface area contributed by atoms with Gasteiger partial charge in [-0.25, -0.2) is 4.98 Å². The lowest BCUT2D eigenvalue weighted by molar-refractivity contribution is 0.0992. The summed E-state index contributed by atoms with van der Waals surface area (Å²) in [5, 5.41) is 7.92. The Hall–Kier alpha value is -1.63. The molecule has 90 valence electrons. The van der Waals surface area contributed by atoms with Gasteiger partial charge < -0.3 is 0 Å². The molecule has 2 aromatic heterocycles. The maximum absolute atomic E-state index is 12.1. The van der Waals surface area contributed by atoms with Crippen LogP contribution in [0.15, 0.2) is 6.33 Å². The van der Waals surface area contributed by atoms with Crippen molar-refractivity contribution in [3.63, 3.8) is 0 Å². The minimum absolute atomic E-state index is 0.0135. The maximum Gasteiger partial charge on any atom is 0.183 e. The van der Waals surface area contributed by atoms with Crippen LogP contribution in [-0.2, 0) is 19.9 Å². The molecule has 7 heteroatoms. The molecule has 0 aliphatic carbocycles. The van der Waals surface area contributed by atoms with Gasteiger partial charge in [0.1, 0.15) is 17.0 Å². The van der Waals surface area contributed by atoms with Crippen LogP contribution in [0.2, 0.25) is 0 Å². The highest BCUT2D eigenvalue weighted by molar-refractivity contribution is 7.08. The molecular formula is C10H13N5OS. The molecule has 2 aromatic rings. The lowest BCUT2D eigenvalue weighted by Crippen LogP contribution is -2.09. The summed E-state index contributed by atoms with van der Waals surface area (Å²) >= 11 is 1.16. The Bertz CT molecular complexity index is 518. The van der Waals surface area contributed by atoms with Crippen molar-refractivity contribution in [2.24, 2.45) is 7.05 Å². The molecule has 6 nitrogen and oxygen atoms in total. The molecule has 0 unspecified atom stereocenters. The fourth-order valence-electron chi connectivity index (χ4n) is 1.52. The fraction of sp³-hybridized carbons (Fsp3) is 0.500. The summed E-state index contributed by atoms with van der Waals surface area (Å²) in [6.45, 7) is 2.05. The first kappa shape index (κ1) is 11.8. The quantitative estimate of drug-likeness (QED) is 0.742. The van der Waals surface area contributed by atoms with Gasteiger partial charge in [0.05, 0.1) is 12.1 Å². The van der Waals surface area contributed by atoms with Gasteiger partial charge in [0.25, 0.3) is 0 Å². The lowest BCUT2D eigenvalue weighted by Gasteiger charge is -1.99. The van der Waals surface area contributed by atoms with Crippen LogP contribution in [0.1, 0.15) is 34.5 Å². The zero-order chi connectivity index (χ0) is 12.3. The van der Waals surface area contributed by atoms with Crippen molar-refractivity contribution in [1.82, 2.24) is 24.4 Å². The van der Waals surface area contributed by atoms with Crippen molar-refractivity contribution >= 4 is 17.3 Å². The molecule has 0 aliphatic heterocycles. The minimum Gasteiger partial charge on any atom is -0.293 e. The summed E-state index contributed by atoms with van der Waals surface area (Å²) in [4.78, 5) is 16.8. The molecule has 0 aromatic carbocycles. The van der Waals surface area contributed by atoms with Gasteiger partial charge in [-0.2, -0.15) is 5.10 Å². The largest absolute Gasteiger partial charge is 0.293 e. The summed E-state index contributed by atoms with van der Waals surface area (Å²) in [6, 6.07) is 0. The Morgan fingerprint density at radius 2 is 2.35 bits per heavy atom. The van der Waals surface area contributed by atoms with Gasteiger partial charge in [0.15, 0.2) is 5.78 Å². The Balaban J connectivity index is 2.15. The molecule has 0 aliphatic rings. The van der Waals surface area contributed by atoms with Crippen LogP contribution in [0, 0.1) is 0 Å². The van der Waals surface area contributed by atoms with Crippen LogP contribution < -0.4 is 0 Å². The Morgan fingerprint density at radius 1 is 1.53 bits per heavy atom. The maximum atomic E-state index is 12.1. The second kappa shape index (κ2) is 5.13. The summed E-state index contributed by atoms with van der Waals surface area (Å²) in [5.74, 6) is 0.672. The van der Waals surface area contributed by atoms with Crippen LogP contribution >= 0.6 is 11.5 Å². The normalized spacial score (nSPS) is 10.7. The number of nitrogens with zero attached hydrogens (tertiary/aromatic N) is 5. The van der Waals surface area contributed by atoms with Gasteiger partial charge >= 0.3 is 0 Å². The van der Waals surface area contributed by atoms with E-state index < -0.39 is 0 Å². The van der Waals surface area contributed by atoms with Crippen LogP contribution in [0.5, 0.6) is 0 Å². The molecule has 2 rings (SSSR count). The summed E-state index contributed by atoms with van der Waals surface area (Å²) in [7, 11) is 1.77. The van der Waals surface area contributed by atoms with E-state index in [1.807, 2.05) is 0 Å². The van der Waals surface area contributed by atoms with E-state index in [-0.39, 0.29) is 12.2 Å². The number of hydrogen-bond acceptors (Lipinski definition) is 6. The van der Waals surface area contributed by atoms with E-state index >= 15 is 0 Å². The molecule has 0 radical (unpaired) electrons. The van der Waals surface area contributed by atoms with Crippen molar-refractivity contribution in [2.45, 2.75) is 26.2 Å². The van der Waals surface area contributed by atoms with Gasteiger partial charge in [-0.05, 0) is 18.0 Å². The SMILES string of the molecule is CCCc1nnsc1C(=O)Cc1ncnn1C. The third kappa shape index (κ3) is 2.55. The summed E-state index contributed by atoms with van der Waals surface area (Å²) < 4.78 is 5.44. The Labute approximate surface area is 103 Å². The summed E-state index contributed by atoms with van der Waals surface area (Å²) in [6.07, 6.45) is 3.43. The number of carbonyl (C=O) groups excluding carboxylic acids is 1. The van der Waals surface area contributed by atoms with Crippen molar-refractivity contribution in [2.75, 3.05) is 0 Å². The van der Waals surface area contributed by atoms with E-state index in [9.17, 15) is 4.79 Å². The Morgan fingerprint density at radius 3 is 3.00 bits per heavy atom. The molecule has 0 amide bonds. The topological polar surface area (TPSA) is 73.6 Å². The highest BCUT2D eigenvalue weighted by Gasteiger charge is 2.17. The van der Waals surface area contributed by atoms with E-state index in [0.29, 0.717) is 10.7 Å². The van der Waals surface area contributed by atoms with E-state index in [4.69, 9.17) is 0 Å². The zero-order valence-electron chi connectivity index (χ0n) is 9.75. The van der Waals surface area contributed by atoms with Gasteiger partial charge in [-0.1, -0.05) is 17.8 Å². The lowest BCUT2D eigenvalue weighted by atomic mass is 10.1. The predicted octanol–water partition coefficient (Wildman–Crippen LogP) is 1.04. The molecule has 0 N–H and O–H groups in total. The van der Waals surface area contributed by atoms with Gasteiger partial charge in [0, 0.05) is 7.05 Å². The zero-order valence-corrected chi connectivity index (χ0v) is 10.6. The first-order valence-electron chi connectivity index (χ1n) is 5.39. The standard InChI is InChI=1S/C10H13N5OS/c1-3-4-7-10(17-14-13-7)8(16)5-9-11-6-12-15(9)2/h6H,3-5H2,1-2H3. The second-order valence-electron chi connectivity index (χ2n) is 3.70. The van der Waals surface area contributed by atoms with Crippen molar-refractivity contribution in [3.05, 3.63) is 22.7 Å². The monoisotopic (exact) mass is 251 g/mol. The number of carbonyl (C=O) groups is 1. The average molecular weight is 251 g/mol. The third-order valence-corrected chi connectivity index (χ3v) is 3.23. The molecule has 0 fully saturated rings. The van der Waals surface area contributed by atoms with Crippen molar-refractivity contribution in [1.29, 1.82) is 0 Å².